The van der Waals surface area contributed by atoms with E-state index < -0.39 is 0 Å². The maximum Gasteiger partial charge on any atom is -0.0241 e. The number of hydrogen-bond acceptors (Lipinski definition) is 0. The van der Waals surface area contributed by atoms with E-state index in [-0.39, 0.29) is 0 Å². The summed E-state index contributed by atoms with van der Waals surface area (Å²) in [5, 5.41) is 0. The van der Waals surface area contributed by atoms with E-state index in [1.54, 1.807) is 0 Å². The number of rotatable bonds is 3. The molecule has 0 nitrogen and oxygen atoms in total. The molecule has 0 heterocycles. The van der Waals surface area contributed by atoms with Gasteiger partial charge in [0, 0.05) is 0 Å². The van der Waals surface area contributed by atoms with E-state index in [1.165, 1.54) is 57.8 Å². The van der Waals surface area contributed by atoms with Gasteiger partial charge in [0.05, 0.1) is 0 Å². The van der Waals surface area contributed by atoms with E-state index in [0.29, 0.717) is 0 Å². The van der Waals surface area contributed by atoms with Crippen molar-refractivity contribution in [1.82, 2.24) is 0 Å². The molecule has 0 aliphatic heterocycles. The zero-order valence-corrected chi connectivity index (χ0v) is 7.86. The lowest BCUT2D eigenvalue weighted by Crippen LogP contribution is -1.94. The molecular formula is C11H21. The predicted molar refractivity (Wildman–Crippen MR) is 50.5 cm³/mol. The number of unbranched alkanes of at least 4 members (excludes halogenated alkanes) is 1. The minimum atomic E-state index is 1.36. The summed E-state index contributed by atoms with van der Waals surface area (Å²) in [4.78, 5) is 0. The summed E-state index contributed by atoms with van der Waals surface area (Å²) in [6.45, 7) is 2.29. The van der Waals surface area contributed by atoms with E-state index in [1.807, 2.05) is 5.92 Å². The minimum absolute atomic E-state index is 1.36. The third-order valence-electron chi connectivity index (χ3n) is 2.69. The van der Waals surface area contributed by atoms with Gasteiger partial charge in [-0.2, -0.15) is 0 Å². The van der Waals surface area contributed by atoms with Crippen molar-refractivity contribution in [3.8, 4) is 0 Å². The Bertz CT molecular complexity index is 78.0. The second kappa shape index (κ2) is 5.62. The topological polar surface area (TPSA) is 0 Å². The van der Waals surface area contributed by atoms with Crippen molar-refractivity contribution in [2.24, 2.45) is 0 Å². The monoisotopic (exact) mass is 153 g/mol. The molecule has 0 heteroatoms. The molecule has 1 radical (unpaired) electrons. The van der Waals surface area contributed by atoms with Gasteiger partial charge in [0.2, 0.25) is 0 Å². The first-order valence-corrected chi connectivity index (χ1v) is 5.27. The molecule has 1 aliphatic carbocycles. The smallest absolute Gasteiger partial charge is 0.0241 e. The molecule has 0 amide bonds. The molecule has 1 rings (SSSR count). The van der Waals surface area contributed by atoms with Crippen LogP contribution in [0.4, 0.5) is 0 Å². The highest BCUT2D eigenvalue weighted by Gasteiger charge is 2.11. The summed E-state index contributed by atoms with van der Waals surface area (Å²) >= 11 is 0. The highest BCUT2D eigenvalue weighted by Crippen LogP contribution is 2.28. The maximum absolute atomic E-state index is 2.29. The molecule has 1 saturated carbocycles. The van der Waals surface area contributed by atoms with Crippen LogP contribution in [0.2, 0.25) is 0 Å². The van der Waals surface area contributed by atoms with Crippen LogP contribution in [0.5, 0.6) is 0 Å². The van der Waals surface area contributed by atoms with Crippen molar-refractivity contribution >= 4 is 0 Å². The standard InChI is InChI=1S/C11H21/c1-2-3-8-11-9-6-4-5-7-10-11/h2-10H2,1H3. The van der Waals surface area contributed by atoms with Crippen molar-refractivity contribution in [2.75, 3.05) is 0 Å². The van der Waals surface area contributed by atoms with E-state index in [4.69, 9.17) is 0 Å². The summed E-state index contributed by atoms with van der Waals surface area (Å²) in [5.74, 6) is 1.87. The van der Waals surface area contributed by atoms with Crippen molar-refractivity contribution in [3.63, 3.8) is 0 Å². The van der Waals surface area contributed by atoms with Gasteiger partial charge >= 0.3 is 0 Å². The molecule has 1 fully saturated rings. The Morgan fingerprint density at radius 1 is 1.00 bits per heavy atom. The Balaban J connectivity index is 2.09. The molecule has 0 aromatic carbocycles. The van der Waals surface area contributed by atoms with Gasteiger partial charge in [0.15, 0.2) is 0 Å². The van der Waals surface area contributed by atoms with Crippen LogP contribution in [0.15, 0.2) is 0 Å². The fraction of sp³-hybridized carbons (Fsp3) is 0.909. The zero-order chi connectivity index (χ0) is 7.94. The van der Waals surface area contributed by atoms with Crippen molar-refractivity contribution in [1.29, 1.82) is 0 Å². The lowest BCUT2D eigenvalue weighted by Gasteiger charge is -2.11. The predicted octanol–water partition coefficient (Wildman–Crippen LogP) is 4.11. The maximum atomic E-state index is 2.29. The molecule has 0 spiro atoms. The third-order valence-corrected chi connectivity index (χ3v) is 2.69. The molecule has 0 aromatic rings. The van der Waals surface area contributed by atoms with E-state index in [0.717, 1.165) is 0 Å². The summed E-state index contributed by atoms with van der Waals surface area (Å²) < 4.78 is 0. The molecule has 0 saturated heterocycles. The van der Waals surface area contributed by atoms with E-state index in [2.05, 4.69) is 6.92 Å². The molecule has 1 aliphatic rings. The average Bonchev–Trinajstić information content (AvgIpc) is 2.28. The van der Waals surface area contributed by atoms with Crippen LogP contribution in [0.25, 0.3) is 0 Å². The average molecular weight is 153 g/mol. The van der Waals surface area contributed by atoms with Gasteiger partial charge in [0.25, 0.3) is 0 Å². The van der Waals surface area contributed by atoms with Crippen LogP contribution in [-0.2, 0) is 0 Å². The molecular weight excluding hydrogens is 132 g/mol. The normalized spacial score (nSPS) is 21.5. The second-order valence-corrected chi connectivity index (χ2v) is 3.77. The van der Waals surface area contributed by atoms with Crippen LogP contribution in [0, 0.1) is 5.92 Å². The Morgan fingerprint density at radius 3 is 2.18 bits per heavy atom. The van der Waals surface area contributed by atoms with Gasteiger partial charge in [-0.1, -0.05) is 45.4 Å². The molecule has 65 valence electrons. The molecule has 0 N–H and O–H groups in total. The quantitative estimate of drug-likeness (QED) is 0.535. The Hall–Kier alpha value is 0. The van der Waals surface area contributed by atoms with Gasteiger partial charge in [-0.15, -0.1) is 0 Å². The lowest BCUT2D eigenvalue weighted by molar-refractivity contribution is 0.623. The summed E-state index contributed by atoms with van der Waals surface area (Å²) in [7, 11) is 0. The van der Waals surface area contributed by atoms with Crippen molar-refractivity contribution in [3.05, 3.63) is 5.92 Å². The Kier molecular flexibility index (Phi) is 4.65. The van der Waals surface area contributed by atoms with E-state index >= 15 is 0 Å². The molecule has 0 aromatic heterocycles. The first-order valence-electron chi connectivity index (χ1n) is 5.27. The highest BCUT2D eigenvalue weighted by atomic mass is 14.2. The summed E-state index contributed by atoms with van der Waals surface area (Å²) in [6, 6.07) is 0. The first-order chi connectivity index (χ1) is 5.43. The molecule has 11 heavy (non-hydrogen) atoms. The van der Waals surface area contributed by atoms with Crippen molar-refractivity contribution < 1.29 is 0 Å². The van der Waals surface area contributed by atoms with Crippen LogP contribution >= 0.6 is 0 Å². The largest absolute Gasteiger partial charge is 0.0654 e. The fourth-order valence-corrected chi connectivity index (χ4v) is 1.91. The van der Waals surface area contributed by atoms with Gasteiger partial charge in [-0.3, -0.25) is 0 Å². The second-order valence-electron chi connectivity index (χ2n) is 3.77. The lowest BCUT2D eigenvalue weighted by atomic mass is 9.94. The van der Waals surface area contributed by atoms with Crippen LogP contribution in [0.1, 0.15) is 64.7 Å². The fourth-order valence-electron chi connectivity index (χ4n) is 1.91. The van der Waals surface area contributed by atoms with Crippen LogP contribution < -0.4 is 0 Å². The molecule has 0 unspecified atom stereocenters. The summed E-state index contributed by atoms with van der Waals surface area (Å²) in [6.07, 6.45) is 13.0. The van der Waals surface area contributed by atoms with Gasteiger partial charge < -0.3 is 0 Å². The van der Waals surface area contributed by atoms with Crippen LogP contribution in [0.3, 0.4) is 0 Å². The van der Waals surface area contributed by atoms with Gasteiger partial charge in [0.1, 0.15) is 0 Å². The SMILES string of the molecule is CCCC[C]1CCCCCC1. The summed E-state index contributed by atoms with van der Waals surface area (Å²) in [5.41, 5.74) is 0. The van der Waals surface area contributed by atoms with Gasteiger partial charge in [-0.25, -0.2) is 0 Å². The Morgan fingerprint density at radius 2 is 1.64 bits per heavy atom. The third kappa shape index (κ3) is 3.79. The van der Waals surface area contributed by atoms with Gasteiger partial charge in [-0.05, 0) is 25.2 Å². The van der Waals surface area contributed by atoms with E-state index in [9.17, 15) is 0 Å². The zero-order valence-electron chi connectivity index (χ0n) is 7.86. The van der Waals surface area contributed by atoms with Crippen LogP contribution in [-0.4, -0.2) is 0 Å². The molecule has 0 bridgehead atoms. The molecule has 0 atom stereocenters. The first kappa shape index (κ1) is 9.09. The number of hydrogen-bond donors (Lipinski definition) is 0. The van der Waals surface area contributed by atoms with Crippen molar-refractivity contribution in [2.45, 2.75) is 64.7 Å². The Labute approximate surface area is 71.4 Å². The minimum Gasteiger partial charge on any atom is -0.0654 e. The highest BCUT2D eigenvalue weighted by molar-refractivity contribution is 4.90.